The molecule has 21 heavy (non-hydrogen) atoms. The SMILES string of the molecule is O=C(/C=C/c1cccc([N+](=O)[O-])c1)Nc1ccc(Cl)nn1. The van der Waals surface area contributed by atoms with Crippen molar-refractivity contribution in [2.24, 2.45) is 0 Å². The van der Waals surface area contributed by atoms with E-state index in [-0.39, 0.29) is 16.7 Å². The molecule has 0 unspecified atom stereocenters. The fourth-order valence-corrected chi connectivity index (χ4v) is 1.57. The number of benzene rings is 1. The number of carbonyl (C=O) groups is 1. The van der Waals surface area contributed by atoms with Crippen LogP contribution in [0.1, 0.15) is 5.56 Å². The van der Waals surface area contributed by atoms with Gasteiger partial charge >= 0.3 is 0 Å². The Morgan fingerprint density at radius 3 is 2.76 bits per heavy atom. The molecule has 0 radical (unpaired) electrons. The van der Waals surface area contributed by atoms with Crippen LogP contribution in [0.25, 0.3) is 6.08 Å². The van der Waals surface area contributed by atoms with Gasteiger partial charge in [0, 0.05) is 18.2 Å². The standard InChI is InChI=1S/C13H9ClN4O3/c14-11-5-6-12(17-16-11)15-13(19)7-4-9-2-1-3-10(8-9)18(20)21/h1-8H,(H,15,17,19)/b7-4+. The van der Waals surface area contributed by atoms with E-state index < -0.39 is 10.8 Å². The summed E-state index contributed by atoms with van der Waals surface area (Å²) in [6, 6.07) is 8.94. The Morgan fingerprint density at radius 2 is 2.10 bits per heavy atom. The van der Waals surface area contributed by atoms with E-state index in [1.54, 1.807) is 12.1 Å². The average molecular weight is 305 g/mol. The van der Waals surface area contributed by atoms with Gasteiger partial charge in [-0.25, -0.2) is 0 Å². The monoisotopic (exact) mass is 304 g/mol. The Kier molecular flexibility index (Phi) is 4.57. The second kappa shape index (κ2) is 6.58. The second-order valence-electron chi connectivity index (χ2n) is 3.92. The molecule has 0 atom stereocenters. The summed E-state index contributed by atoms with van der Waals surface area (Å²) in [4.78, 5) is 21.8. The first-order chi connectivity index (χ1) is 10.0. The molecule has 0 saturated heterocycles. The summed E-state index contributed by atoms with van der Waals surface area (Å²) < 4.78 is 0. The number of amides is 1. The summed E-state index contributed by atoms with van der Waals surface area (Å²) in [5.74, 6) is -0.175. The fourth-order valence-electron chi connectivity index (χ4n) is 1.46. The minimum Gasteiger partial charge on any atom is -0.306 e. The molecule has 0 aliphatic heterocycles. The van der Waals surface area contributed by atoms with E-state index in [0.29, 0.717) is 5.56 Å². The van der Waals surface area contributed by atoms with E-state index in [1.165, 1.54) is 36.4 Å². The predicted octanol–water partition coefficient (Wildman–Crippen LogP) is 2.69. The Labute approximate surface area is 124 Å². The van der Waals surface area contributed by atoms with Crippen LogP contribution in [0.5, 0.6) is 0 Å². The average Bonchev–Trinajstić information content (AvgIpc) is 2.48. The van der Waals surface area contributed by atoms with E-state index in [4.69, 9.17) is 11.6 Å². The van der Waals surface area contributed by atoms with Gasteiger partial charge in [0.25, 0.3) is 5.69 Å². The predicted molar refractivity (Wildman–Crippen MR) is 77.8 cm³/mol. The molecular weight excluding hydrogens is 296 g/mol. The van der Waals surface area contributed by atoms with Gasteiger partial charge in [0.05, 0.1) is 4.92 Å². The van der Waals surface area contributed by atoms with Gasteiger partial charge in [-0.15, -0.1) is 10.2 Å². The number of hydrogen-bond acceptors (Lipinski definition) is 5. The third-order valence-electron chi connectivity index (χ3n) is 2.39. The molecular formula is C13H9ClN4O3. The van der Waals surface area contributed by atoms with Crippen molar-refractivity contribution in [1.29, 1.82) is 0 Å². The zero-order chi connectivity index (χ0) is 15.2. The molecule has 0 aliphatic carbocycles. The highest BCUT2D eigenvalue weighted by Crippen LogP contribution is 2.14. The molecule has 1 amide bonds. The first-order valence-corrected chi connectivity index (χ1v) is 6.15. The maximum atomic E-state index is 11.7. The van der Waals surface area contributed by atoms with Crippen molar-refractivity contribution in [3.05, 3.63) is 63.3 Å². The molecule has 106 valence electrons. The molecule has 0 bridgehead atoms. The molecule has 0 aliphatic rings. The first kappa shape index (κ1) is 14.6. The number of rotatable bonds is 4. The third kappa shape index (κ3) is 4.36. The van der Waals surface area contributed by atoms with Crippen molar-refractivity contribution in [2.75, 3.05) is 5.32 Å². The van der Waals surface area contributed by atoms with Crippen LogP contribution >= 0.6 is 11.6 Å². The van der Waals surface area contributed by atoms with Gasteiger partial charge < -0.3 is 5.32 Å². The van der Waals surface area contributed by atoms with Gasteiger partial charge in [0.15, 0.2) is 11.0 Å². The molecule has 1 N–H and O–H groups in total. The van der Waals surface area contributed by atoms with Gasteiger partial charge in [0.1, 0.15) is 0 Å². The number of nitro groups is 1. The Hall–Kier alpha value is -2.80. The van der Waals surface area contributed by atoms with Crippen molar-refractivity contribution < 1.29 is 9.72 Å². The molecule has 2 aromatic rings. The molecule has 0 spiro atoms. The summed E-state index contributed by atoms with van der Waals surface area (Å²) >= 11 is 5.57. The lowest BCUT2D eigenvalue weighted by Gasteiger charge is -1.99. The van der Waals surface area contributed by atoms with Crippen molar-refractivity contribution in [1.82, 2.24) is 10.2 Å². The molecule has 2 rings (SSSR count). The van der Waals surface area contributed by atoms with Gasteiger partial charge in [0.2, 0.25) is 5.91 Å². The van der Waals surface area contributed by atoms with Crippen LogP contribution in [0.4, 0.5) is 11.5 Å². The number of nitro benzene ring substituents is 1. The second-order valence-corrected chi connectivity index (χ2v) is 4.30. The number of anilines is 1. The smallest absolute Gasteiger partial charge is 0.270 e. The van der Waals surface area contributed by atoms with Gasteiger partial charge in [-0.2, -0.15) is 0 Å². The van der Waals surface area contributed by atoms with Crippen LogP contribution in [0, 0.1) is 10.1 Å². The summed E-state index contributed by atoms with van der Waals surface area (Å²) in [5, 5.41) is 20.6. The molecule has 8 heteroatoms. The third-order valence-corrected chi connectivity index (χ3v) is 2.59. The van der Waals surface area contributed by atoms with Crippen LogP contribution in [-0.4, -0.2) is 21.0 Å². The minimum atomic E-state index is -0.499. The highest BCUT2D eigenvalue weighted by molar-refractivity contribution is 6.29. The largest absolute Gasteiger partial charge is 0.306 e. The van der Waals surface area contributed by atoms with Crippen molar-refractivity contribution in [3.8, 4) is 0 Å². The Morgan fingerprint density at radius 1 is 1.29 bits per heavy atom. The quantitative estimate of drug-likeness (QED) is 0.532. The zero-order valence-electron chi connectivity index (χ0n) is 10.6. The van der Waals surface area contributed by atoms with Crippen molar-refractivity contribution >= 4 is 35.1 Å². The Bertz CT molecular complexity index is 701. The molecule has 1 heterocycles. The molecule has 7 nitrogen and oxygen atoms in total. The van der Waals surface area contributed by atoms with E-state index in [1.807, 2.05) is 0 Å². The summed E-state index contributed by atoms with van der Waals surface area (Å²) in [5.41, 5.74) is 0.502. The highest BCUT2D eigenvalue weighted by atomic mass is 35.5. The molecule has 0 saturated carbocycles. The number of hydrogen-bond donors (Lipinski definition) is 1. The highest BCUT2D eigenvalue weighted by Gasteiger charge is 2.04. The summed E-state index contributed by atoms with van der Waals surface area (Å²) in [6.45, 7) is 0. The number of aromatic nitrogens is 2. The van der Waals surface area contributed by atoms with E-state index >= 15 is 0 Å². The molecule has 1 aromatic heterocycles. The lowest BCUT2D eigenvalue weighted by atomic mass is 10.2. The maximum Gasteiger partial charge on any atom is 0.270 e. The van der Waals surface area contributed by atoms with Crippen LogP contribution < -0.4 is 5.32 Å². The number of carbonyl (C=O) groups excluding carboxylic acids is 1. The van der Waals surface area contributed by atoms with Crippen molar-refractivity contribution in [2.45, 2.75) is 0 Å². The van der Waals surface area contributed by atoms with Gasteiger partial charge in [-0.1, -0.05) is 23.7 Å². The van der Waals surface area contributed by atoms with Crippen LogP contribution in [0.2, 0.25) is 5.15 Å². The normalized spacial score (nSPS) is 10.5. The lowest BCUT2D eigenvalue weighted by molar-refractivity contribution is -0.384. The van der Waals surface area contributed by atoms with E-state index in [2.05, 4.69) is 15.5 Å². The minimum absolute atomic E-state index is 0.0406. The number of halogens is 1. The van der Waals surface area contributed by atoms with Gasteiger partial charge in [-0.3, -0.25) is 14.9 Å². The lowest BCUT2D eigenvalue weighted by Crippen LogP contribution is -2.09. The zero-order valence-corrected chi connectivity index (χ0v) is 11.3. The van der Waals surface area contributed by atoms with Crippen LogP contribution in [-0.2, 0) is 4.79 Å². The molecule has 0 fully saturated rings. The van der Waals surface area contributed by atoms with E-state index in [0.717, 1.165) is 0 Å². The van der Waals surface area contributed by atoms with E-state index in [9.17, 15) is 14.9 Å². The first-order valence-electron chi connectivity index (χ1n) is 5.77. The van der Waals surface area contributed by atoms with Crippen LogP contribution in [0.3, 0.4) is 0 Å². The van der Waals surface area contributed by atoms with Crippen LogP contribution in [0.15, 0.2) is 42.5 Å². The van der Waals surface area contributed by atoms with Gasteiger partial charge in [-0.05, 0) is 23.8 Å². The topological polar surface area (TPSA) is 98.0 Å². The number of non-ortho nitro benzene ring substituents is 1. The number of nitrogens with one attached hydrogen (secondary N) is 1. The summed E-state index contributed by atoms with van der Waals surface area (Å²) in [7, 11) is 0. The number of nitrogens with zero attached hydrogens (tertiary/aromatic N) is 3. The van der Waals surface area contributed by atoms with Crippen molar-refractivity contribution in [3.63, 3.8) is 0 Å². The molecule has 1 aromatic carbocycles. The maximum absolute atomic E-state index is 11.7. The Balaban J connectivity index is 2.03. The fraction of sp³-hybridized carbons (Fsp3) is 0. The summed E-state index contributed by atoms with van der Waals surface area (Å²) in [6.07, 6.45) is 2.71.